The van der Waals surface area contributed by atoms with E-state index >= 15 is 0 Å². The van der Waals surface area contributed by atoms with Crippen LogP contribution in [0.4, 0.5) is 5.69 Å². The van der Waals surface area contributed by atoms with Crippen molar-refractivity contribution in [3.05, 3.63) is 81.5 Å². The van der Waals surface area contributed by atoms with Crippen LogP contribution in [0.3, 0.4) is 0 Å². The van der Waals surface area contributed by atoms with E-state index in [0.717, 1.165) is 40.4 Å². The van der Waals surface area contributed by atoms with Crippen molar-refractivity contribution in [1.82, 2.24) is 9.88 Å². The highest BCUT2D eigenvalue weighted by molar-refractivity contribution is 9.10. The predicted molar refractivity (Wildman–Crippen MR) is 126 cm³/mol. The van der Waals surface area contributed by atoms with E-state index in [9.17, 15) is 0 Å². The Labute approximate surface area is 185 Å². The molecule has 3 nitrogen and oxygen atoms in total. The van der Waals surface area contributed by atoms with Gasteiger partial charge in [0.05, 0.1) is 9.63 Å². The fourth-order valence-electron chi connectivity index (χ4n) is 3.43. The normalized spacial score (nSPS) is 19.8. The fraction of sp³-hybridized carbons (Fsp3) is 0.273. The summed E-state index contributed by atoms with van der Waals surface area (Å²) in [5, 5.41) is 1.63. The van der Waals surface area contributed by atoms with Crippen molar-refractivity contribution in [2.75, 3.05) is 24.9 Å². The molecule has 0 bridgehead atoms. The number of nitrogens with one attached hydrogen (secondary N) is 2. The highest BCUT2D eigenvalue weighted by Crippen LogP contribution is 2.34. The van der Waals surface area contributed by atoms with Crippen LogP contribution in [0.25, 0.3) is 0 Å². The first-order valence-corrected chi connectivity index (χ1v) is 11.2. The third kappa shape index (κ3) is 6.05. The van der Waals surface area contributed by atoms with E-state index in [-0.39, 0.29) is 0 Å². The number of hydrogen-bond acceptors (Lipinski definition) is 3. The van der Waals surface area contributed by atoms with Gasteiger partial charge < -0.3 is 14.6 Å². The van der Waals surface area contributed by atoms with Crippen LogP contribution in [0.5, 0.6) is 0 Å². The van der Waals surface area contributed by atoms with Gasteiger partial charge in [0, 0.05) is 41.7 Å². The molecule has 2 aromatic rings. The zero-order chi connectivity index (χ0) is 20.1. The minimum atomic E-state index is 0.372. The van der Waals surface area contributed by atoms with E-state index in [1.165, 1.54) is 11.1 Å². The van der Waals surface area contributed by atoms with Crippen molar-refractivity contribution in [2.24, 2.45) is 0 Å². The Kier molecular flexibility index (Phi) is 7.52. The lowest BCUT2D eigenvalue weighted by atomic mass is 9.84. The number of aromatic amines is 1. The smallest absolute Gasteiger partial charge is 0.0940 e. The molecule has 0 saturated carbocycles. The number of nitrogens with zero attached hydrogens (tertiary/aromatic N) is 1. The van der Waals surface area contributed by atoms with E-state index in [1.54, 1.807) is 11.9 Å². The maximum atomic E-state index is 5.95. The SMILES string of the molecule is C=C(Cl)/C=C(C)\C=C1/CCN(C)CC1c1cccc(NSc2ccc(Br)[nH]2)c1. The largest absolute Gasteiger partial charge is 0.343 e. The molecule has 1 aromatic carbocycles. The Morgan fingerprint density at radius 3 is 2.93 bits per heavy atom. The summed E-state index contributed by atoms with van der Waals surface area (Å²) >= 11 is 11.0. The van der Waals surface area contributed by atoms with Gasteiger partial charge in [0.15, 0.2) is 0 Å². The van der Waals surface area contributed by atoms with Gasteiger partial charge >= 0.3 is 0 Å². The lowest BCUT2D eigenvalue weighted by molar-refractivity contribution is 0.291. The quantitative estimate of drug-likeness (QED) is 0.348. The second-order valence-corrected chi connectivity index (χ2v) is 9.31. The number of benzene rings is 1. The summed E-state index contributed by atoms with van der Waals surface area (Å²) < 4.78 is 4.42. The highest BCUT2D eigenvalue weighted by Gasteiger charge is 2.23. The van der Waals surface area contributed by atoms with Crippen LogP contribution >= 0.6 is 39.5 Å². The average Bonchev–Trinajstić information content (AvgIpc) is 3.06. The van der Waals surface area contributed by atoms with Gasteiger partial charge in [0.25, 0.3) is 0 Å². The van der Waals surface area contributed by atoms with Crippen LogP contribution in [0.1, 0.15) is 24.8 Å². The molecule has 28 heavy (non-hydrogen) atoms. The van der Waals surface area contributed by atoms with E-state index in [4.69, 9.17) is 11.6 Å². The highest BCUT2D eigenvalue weighted by atomic mass is 79.9. The molecule has 6 heteroatoms. The summed E-state index contributed by atoms with van der Waals surface area (Å²) in [7, 11) is 2.19. The molecule has 1 aromatic heterocycles. The molecule has 148 valence electrons. The third-order valence-corrected chi connectivity index (χ3v) is 6.08. The zero-order valence-electron chi connectivity index (χ0n) is 16.1. The van der Waals surface area contributed by atoms with Crippen LogP contribution in [-0.2, 0) is 0 Å². The number of hydrogen-bond donors (Lipinski definition) is 2. The molecule has 3 rings (SSSR count). The minimum Gasteiger partial charge on any atom is -0.343 e. The number of H-pyrrole nitrogens is 1. The van der Waals surface area contributed by atoms with Gasteiger partial charge in [-0.1, -0.05) is 42.0 Å². The Morgan fingerprint density at radius 2 is 2.21 bits per heavy atom. The molecule has 2 heterocycles. The van der Waals surface area contributed by atoms with Gasteiger partial charge in [-0.05, 0) is 77.8 Å². The number of rotatable bonds is 6. The van der Waals surface area contributed by atoms with E-state index in [0.29, 0.717) is 11.0 Å². The standard InChI is InChI=1S/C22H25BrClN3S/c1-15(11-16(2)24)12-18-9-10-27(3)14-20(18)17-5-4-6-19(13-17)26-28-22-8-7-21(23)25-22/h4-8,11-13,20,25-26H,2,9-10,14H2,1,3H3/b15-11-,18-12+. The summed E-state index contributed by atoms with van der Waals surface area (Å²) in [6, 6.07) is 12.7. The molecule has 2 N–H and O–H groups in total. The van der Waals surface area contributed by atoms with Gasteiger partial charge in [-0.15, -0.1) is 0 Å². The number of anilines is 1. The molecule has 1 aliphatic heterocycles. The fourth-order valence-corrected chi connectivity index (χ4v) is 4.73. The second-order valence-electron chi connectivity index (χ2n) is 7.12. The first kappa shape index (κ1) is 21.3. The second kappa shape index (κ2) is 9.88. The lowest BCUT2D eigenvalue weighted by Crippen LogP contribution is -2.32. The Balaban J connectivity index is 1.80. The molecule has 1 aliphatic rings. The van der Waals surface area contributed by atoms with E-state index in [1.807, 2.05) is 18.2 Å². The van der Waals surface area contributed by atoms with Gasteiger partial charge in [-0.2, -0.15) is 0 Å². The molecule has 1 fully saturated rings. The molecule has 1 unspecified atom stereocenters. The number of likely N-dealkylation sites (N-methyl/N-ethyl adjacent to an activating group) is 1. The maximum absolute atomic E-state index is 5.95. The lowest BCUT2D eigenvalue weighted by Gasteiger charge is -2.33. The number of allylic oxidation sites excluding steroid dienone is 4. The van der Waals surface area contributed by atoms with Crippen molar-refractivity contribution < 1.29 is 0 Å². The summed E-state index contributed by atoms with van der Waals surface area (Å²) in [6.45, 7) is 7.95. The van der Waals surface area contributed by atoms with Crippen LogP contribution in [0.2, 0.25) is 0 Å². The summed E-state index contributed by atoms with van der Waals surface area (Å²) in [4.78, 5) is 5.65. The molecule has 1 saturated heterocycles. The Morgan fingerprint density at radius 1 is 1.39 bits per heavy atom. The van der Waals surface area contributed by atoms with Crippen LogP contribution < -0.4 is 4.72 Å². The first-order chi connectivity index (χ1) is 13.4. The predicted octanol–water partition coefficient (Wildman–Crippen LogP) is 6.94. The summed E-state index contributed by atoms with van der Waals surface area (Å²) in [5.41, 5.74) is 5.02. The monoisotopic (exact) mass is 477 g/mol. The number of piperidine rings is 1. The van der Waals surface area contributed by atoms with Crippen molar-refractivity contribution in [2.45, 2.75) is 24.3 Å². The van der Waals surface area contributed by atoms with E-state index < -0.39 is 0 Å². The molecule has 0 amide bonds. The van der Waals surface area contributed by atoms with Crippen molar-refractivity contribution >= 4 is 45.2 Å². The Bertz CT molecular complexity index is 903. The molecule has 1 atom stereocenters. The summed E-state index contributed by atoms with van der Waals surface area (Å²) in [6.07, 6.45) is 5.26. The van der Waals surface area contributed by atoms with E-state index in [2.05, 4.69) is 81.4 Å². The molecule has 0 radical (unpaired) electrons. The topological polar surface area (TPSA) is 31.1 Å². The average molecular weight is 479 g/mol. The minimum absolute atomic E-state index is 0.372. The number of aromatic nitrogens is 1. The first-order valence-electron chi connectivity index (χ1n) is 9.20. The zero-order valence-corrected chi connectivity index (χ0v) is 19.3. The van der Waals surface area contributed by atoms with Crippen molar-refractivity contribution in [3.8, 4) is 0 Å². The van der Waals surface area contributed by atoms with Crippen LogP contribution in [0, 0.1) is 0 Å². The van der Waals surface area contributed by atoms with Gasteiger partial charge in [-0.3, -0.25) is 0 Å². The van der Waals surface area contributed by atoms with Crippen molar-refractivity contribution in [1.29, 1.82) is 0 Å². The van der Waals surface area contributed by atoms with Gasteiger partial charge in [0.2, 0.25) is 0 Å². The molecular weight excluding hydrogens is 454 g/mol. The molecule has 0 spiro atoms. The van der Waals surface area contributed by atoms with Gasteiger partial charge in [0.1, 0.15) is 0 Å². The third-order valence-electron chi connectivity index (χ3n) is 4.71. The molecular formula is C22H25BrClN3S. The van der Waals surface area contributed by atoms with Crippen LogP contribution in [-0.4, -0.2) is 30.0 Å². The van der Waals surface area contributed by atoms with Crippen molar-refractivity contribution in [3.63, 3.8) is 0 Å². The van der Waals surface area contributed by atoms with Gasteiger partial charge in [-0.25, -0.2) is 0 Å². The molecule has 0 aliphatic carbocycles. The number of halogens is 2. The Hall–Kier alpha value is -1.40. The van der Waals surface area contributed by atoms with Crippen LogP contribution in [0.15, 0.2) is 80.9 Å². The number of likely N-dealkylation sites (tertiary alicyclic amines) is 1. The maximum Gasteiger partial charge on any atom is 0.0940 e. The summed E-state index contributed by atoms with van der Waals surface area (Å²) in [5.74, 6) is 0.372.